The second-order valence-electron chi connectivity index (χ2n) is 5.14. The number of carbonyl (C=O) groups excluding carboxylic acids is 1. The quantitative estimate of drug-likeness (QED) is 0.679. The van der Waals surface area contributed by atoms with E-state index in [2.05, 4.69) is 0 Å². The summed E-state index contributed by atoms with van der Waals surface area (Å²) in [4.78, 5) is 24.3. The second-order valence-corrected chi connectivity index (χ2v) is 5.14. The Morgan fingerprint density at radius 2 is 1.87 bits per heavy atom. The van der Waals surface area contributed by atoms with E-state index in [9.17, 15) is 22.8 Å². The molecule has 0 aliphatic heterocycles. The van der Waals surface area contributed by atoms with Gasteiger partial charge in [-0.3, -0.25) is 4.79 Å². The van der Waals surface area contributed by atoms with Gasteiger partial charge in [0.2, 0.25) is 5.43 Å². The molecule has 0 radical (unpaired) electrons. The van der Waals surface area contributed by atoms with E-state index in [0.717, 1.165) is 6.07 Å². The van der Waals surface area contributed by atoms with E-state index in [1.54, 1.807) is 0 Å². The van der Waals surface area contributed by atoms with Gasteiger partial charge in [-0.1, -0.05) is 6.07 Å². The summed E-state index contributed by atoms with van der Waals surface area (Å²) >= 11 is 0. The highest BCUT2D eigenvalue weighted by Gasteiger charge is 2.41. The van der Waals surface area contributed by atoms with Crippen LogP contribution in [-0.4, -0.2) is 17.0 Å². The third kappa shape index (κ3) is 2.15. The fourth-order valence-electron chi connectivity index (χ4n) is 2.82. The zero-order chi connectivity index (χ0) is 16.9. The molecule has 120 valence electrons. The summed E-state index contributed by atoms with van der Waals surface area (Å²) < 4.78 is 46.7. The van der Waals surface area contributed by atoms with Crippen molar-refractivity contribution < 1.29 is 22.7 Å². The average molecular weight is 323 g/mol. The molecule has 0 spiro atoms. The standard InChI is InChI=1S/C16H12F3NO3/c1-3-23-15(22)12-9-5-4-6-10-14(21)8(2)7-11(20(9)10)13(12)16(17,18)19/h4-7H,3H2,1-2H3. The van der Waals surface area contributed by atoms with Gasteiger partial charge in [0.1, 0.15) is 0 Å². The lowest BCUT2D eigenvalue weighted by Crippen LogP contribution is -2.13. The monoisotopic (exact) mass is 323 g/mol. The number of esters is 1. The van der Waals surface area contributed by atoms with Crippen molar-refractivity contribution in [2.45, 2.75) is 20.0 Å². The molecule has 0 aliphatic rings. The Bertz CT molecular complexity index is 972. The fourth-order valence-corrected chi connectivity index (χ4v) is 2.82. The number of hydrogen-bond donors (Lipinski definition) is 0. The van der Waals surface area contributed by atoms with Crippen molar-refractivity contribution in [1.29, 1.82) is 0 Å². The van der Waals surface area contributed by atoms with E-state index in [1.807, 2.05) is 0 Å². The Kier molecular flexibility index (Phi) is 3.31. The third-order valence-electron chi connectivity index (χ3n) is 3.70. The van der Waals surface area contributed by atoms with E-state index in [4.69, 9.17) is 4.74 Å². The van der Waals surface area contributed by atoms with Crippen LogP contribution >= 0.6 is 0 Å². The number of carbonyl (C=O) groups is 1. The highest BCUT2D eigenvalue weighted by Crippen LogP contribution is 2.40. The molecule has 0 bridgehead atoms. The summed E-state index contributed by atoms with van der Waals surface area (Å²) in [6, 6.07) is 5.42. The van der Waals surface area contributed by atoms with Crippen molar-refractivity contribution in [1.82, 2.24) is 4.40 Å². The SMILES string of the molecule is CCOC(=O)c1c(C(F)(F)F)c2cc(C)c(=O)c3cccc1n23. The van der Waals surface area contributed by atoms with Crippen LogP contribution < -0.4 is 5.43 Å². The molecule has 0 aliphatic carbocycles. The molecule has 0 N–H and O–H groups in total. The van der Waals surface area contributed by atoms with Gasteiger partial charge >= 0.3 is 12.1 Å². The van der Waals surface area contributed by atoms with Crippen LogP contribution in [-0.2, 0) is 10.9 Å². The Morgan fingerprint density at radius 1 is 1.22 bits per heavy atom. The molecule has 0 saturated carbocycles. The molecule has 3 heterocycles. The summed E-state index contributed by atoms with van der Waals surface area (Å²) in [6.45, 7) is 2.92. The highest BCUT2D eigenvalue weighted by atomic mass is 19.4. The van der Waals surface area contributed by atoms with Crippen molar-refractivity contribution in [2.75, 3.05) is 6.61 Å². The number of hydrogen-bond acceptors (Lipinski definition) is 3. The number of alkyl halides is 3. The number of aromatic nitrogens is 1. The molecule has 0 amide bonds. The molecule has 0 aromatic carbocycles. The van der Waals surface area contributed by atoms with E-state index < -0.39 is 23.3 Å². The molecule has 3 aromatic heterocycles. The lowest BCUT2D eigenvalue weighted by atomic mass is 10.1. The predicted octanol–water partition coefficient (Wildman–Crippen LogP) is 3.39. The normalized spacial score (nSPS) is 12.2. The van der Waals surface area contributed by atoms with Gasteiger partial charge in [0, 0.05) is 5.56 Å². The summed E-state index contributed by atoms with van der Waals surface area (Å²) in [7, 11) is 0. The number of rotatable bonds is 2. The van der Waals surface area contributed by atoms with Gasteiger partial charge in [-0.25, -0.2) is 4.79 Å². The summed E-state index contributed by atoms with van der Waals surface area (Å²) in [5.41, 5.74) is -1.93. The molecule has 7 heteroatoms. The molecule has 0 fully saturated rings. The van der Waals surface area contributed by atoms with Gasteiger partial charge in [-0.15, -0.1) is 0 Å². The zero-order valence-corrected chi connectivity index (χ0v) is 12.3. The largest absolute Gasteiger partial charge is 0.462 e. The molecular formula is C16H12F3NO3. The number of halogens is 3. The number of nitrogens with zero attached hydrogens (tertiary/aromatic N) is 1. The first-order valence-corrected chi connectivity index (χ1v) is 6.92. The first-order chi connectivity index (χ1) is 10.8. The van der Waals surface area contributed by atoms with Crippen molar-refractivity contribution in [3.05, 3.63) is 51.2 Å². The molecule has 0 unspecified atom stereocenters. The van der Waals surface area contributed by atoms with E-state index >= 15 is 0 Å². The maximum Gasteiger partial charge on any atom is 0.419 e. The lowest BCUT2D eigenvalue weighted by molar-refractivity contribution is -0.136. The molecule has 3 aromatic rings. The molecule has 4 nitrogen and oxygen atoms in total. The maximum absolute atomic E-state index is 13.6. The predicted molar refractivity (Wildman–Crippen MR) is 78.1 cm³/mol. The molecule has 23 heavy (non-hydrogen) atoms. The fraction of sp³-hybridized carbons (Fsp3) is 0.250. The Hall–Kier alpha value is -2.57. The first-order valence-electron chi connectivity index (χ1n) is 6.92. The van der Waals surface area contributed by atoms with Crippen LogP contribution in [0.5, 0.6) is 0 Å². The van der Waals surface area contributed by atoms with Crippen LogP contribution in [0, 0.1) is 6.92 Å². The minimum Gasteiger partial charge on any atom is -0.462 e. The van der Waals surface area contributed by atoms with Gasteiger partial charge in [-0.05, 0) is 32.0 Å². The highest BCUT2D eigenvalue weighted by molar-refractivity contribution is 6.03. The topological polar surface area (TPSA) is 47.8 Å². The summed E-state index contributed by atoms with van der Waals surface area (Å²) in [6.07, 6.45) is -4.75. The number of pyridine rings is 2. The van der Waals surface area contributed by atoms with E-state index in [1.165, 1.54) is 36.4 Å². The second kappa shape index (κ2) is 4.97. The minimum atomic E-state index is -4.75. The smallest absolute Gasteiger partial charge is 0.419 e. The Labute approximate surface area is 128 Å². The molecule has 0 atom stereocenters. The van der Waals surface area contributed by atoms with Crippen LogP contribution in [0.25, 0.3) is 16.6 Å². The average Bonchev–Trinajstić information content (AvgIpc) is 2.80. The third-order valence-corrected chi connectivity index (χ3v) is 3.70. The molecular weight excluding hydrogens is 311 g/mol. The maximum atomic E-state index is 13.6. The van der Waals surface area contributed by atoms with Gasteiger partial charge in [0.25, 0.3) is 0 Å². The van der Waals surface area contributed by atoms with Crippen molar-refractivity contribution in [2.24, 2.45) is 0 Å². The van der Waals surface area contributed by atoms with E-state index in [-0.39, 0.29) is 34.1 Å². The number of ether oxygens (including phenoxy) is 1. The minimum absolute atomic E-state index is 0.0142. The van der Waals surface area contributed by atoms with E-state index in [0.29, 0.717) is 0 Å². The van der Waals surface area contributed by atoms with Crippen molar-refractivity contribution >= 4 is 22.5 Å². The van der Waals surface area contributed by atoms with Gasteiger partial charge < -0.3 is 9.14 Å². The summed E-state index contributed by atoms with van der Waals surface area (Å²) in [5, 5.41) is 0. The Morgan fingerprint density at radius 3 is 2.48 bits per heavy atom. The first kappa shape index (κ1) is 15.3. The number of aryl methyl sites for hydroxylation is 1. The lowest BCUT2D eigenvalue weighted by Gasteiger charge is -2.08. The zero-order valence-electron chi connectivity index (χ0n) is 12.3. The van der Waals surface area contributed by atoms with Crippen LogP contribution in [0.15, 0.2) is 29.1 Å². The van der Waals surface area contributed by atoms with Crippen molar-refractivity contribution in [3.63, 3.8) is 0 Å². The van der Waals surface area contributed by atoms with Crippen LogP contribution in [0.4, 0.5) is 13.2 Å². The molecule has 0 saturated heterocycles. The molecule has 3 rings (SSSR count). The van der Waals surface area contributed by atoms with Crippen LogP contribution in [0.2, 0.25) is 0 Å². The summed E-state index contributed by atoms with van der Waals surface area (Å²) in [5.74, 6) is -1.05. The van der Waals surface area contributed by atoms with Crippen molar-refractivity contribution in [3.8, 4) is 0 Å². The van der Waals surface area contributed by atoms with Crippen LogP contribution in [0.1, 0.15) is 28.4 Å². The van der Waals surface area contributed by atoms with Crippen LogP contribution in [0.3, 0.4) is 0 Å². The Balaban J connectivity index is 2.59. The van der Waals surface area contributed by atoms with Gasteiger partial charge in [-0.2, -0.15) is 13.2 Å². The van der Waals surface area contributed by atoms with Gasteiger partial charge in [0.05, 0.1) is 34.3 Å². The van der Waals surface area contributed by atoms with Gasteiger partial charge in [0.15, 0.2) is 0 Å².